The molecule has 0 aromatic heterocycles. The molecule has 3 atom stereocenters. The molecule has 1 aromatic carbocycles. The first-order valence-electron chi connectivity index (χ1n) is 6.35. The molecule has 5 heteroatoms. The fourth-order valence-corrected chi connectivity index (χ4v) is 2.87. The predicted molar refractivity (Wildman–Crippen MR) is 69.3 cm³/mol. The van der Waals surface area contributed by atoms with E-state index in [0.717, 1.165) is 0 Å². The summed E-state index contributed by atoms with van der Waals surface area (Å²) in [7, 11) is 3.34. The Balaban J connectivity index is 2.40. The number of rotatable bonds is 5. The topological polar surface area (TPSA) is 50.7 Å². The number of hydrogen-bond donors (Lipinski definition) is 2. The van der Waals surface area contributed by atoms with E-state index in [4.69, 9.17) is 9.47 Å². The van der Waals surface area contributed by atoms with Crippen LogP contribution in [0, 0.1) is 11.7 Å². The molecule has 0 aliphatic carbocycles. The summed E-state index contributed by atoms with van der Waals surface area (Å²) in [5.41, 5.74) is -0.196. The fourth-order valence-electron chi connectivity index (χ4n) is 2.87. The molecule has 1 heterocycles. The molecule has 0 saturated carbocycles. The lowest BCUT2D eigenvalue weighted by atomic mass is 9.78. The minimum absolute atomic E-state index is 0.0940. The van der Waals surface area contributed by atoms with Gasteiger partial charge in [-0.25, -0.2) is 4.39 Å². The number of nitrogens with one attached hydrogen (secondary N) is 1. The van der Waals surface area contributed by atoms with Crippen molar-refractivity contribution in [3.63, 3.8) is 0 Å². The van der Waals surface area contributed by atoms with Gasteiger partial charge in [0.05, 0.1) is 31.5 Å². The zero-order chi connectivity index (χ0) is 13.9. The van der Waals surface area contributed by atoms with Crippen molar-refractivity contribution < 1.29 is 19.0 Å². The minimum atomic E-state index is -0.719. The number of methoxy groups -OCH3 is 1. The van der Waals surface area contributed by atoms with Crippen molar-refractivity contribution in [2.75, 3.05) is 34.0 Å². The number of benzene rings is 1. The van der Waals surface area contributed by atoms with Crippen molar-refractivity contribution in [1.82, 2.24) is 5.32 Å². The highest BCUT2D eigenvalue weighted by atomic mass is 19.1. The van der Waals surface area contributed by atoms with Gasteiger partial charge in [-0.1, -0.05) is 18.2 Å². The van der Waals surface area contributed by atoms with Gasteiger partial charge in [0.15, 0.2) is 0 Å². The lowest BCUT2D eigenvalue weighted by Gasteiger charge is -2.34. The van der Waals surface area contributed by atoms with Gasteiger partial charge >= 0.3 is 0 Å². The lowest BCUT2D eigenvalue weighted by Crippen LogP contribution is -2.50. The molecule has 1 aliphatic rings. The van der Waals surface area contributed by atoms with Gasteiger partial charge in [-0.3, -0.25) is 0 Å². The Labute approximate surface area is 112 Å². The van der Waals surface area contributed by atoms with E-state index in [0.29, 0.717) is 18.8 Å². The summed E-state index contributed by atoms with van der Waals surface area (Å²) in [6.45, 7) is 0.593. The standard InChI is InChI=1S/C14H20FNO3/c1-16-14(10-5-3-4-6-12(10)15)9-19-13(8-18-2)11(14)7-17/h3-6,11,13,16-17H,7-9H2,1-2H3/t11-,13?,14-/m1/s1. The maximum Gasteiger partial charge on any atom is 0.128 e. The first-order valence-corrected chi connectivity index (χ1v) is 6.35. The Morgan fingerprint density at radius 2 is 2.26 bits per heavy atom. The van der Waals surface area contributed by atoms with E-state index >= 15 is 0 Å². The Bertz CT molecular complexity index is 429. The normalized spacial score (nSPS) is 30.7. The summed E-state index contributed by atoms with van der Waals surface area (Å²) in [6.07, 6.45) is -0.248. The summed E-state index contributed by atoms with van der Waals surface area (Å²) in [6, 6.07) is 6.59. The second-order valence-corrected chi connectivity index (χ2v) is 4.80. The summed E-state index contributed by atoms with van der Waals surface area (Å²) in [5, 5.41) is 12.8. The second-order valence-electron chi connectivity index (χ2n) is 4.80. The van der Waals surface area contributed by atoms with E-state index in [1.807, 2.05) is 0 Å². The maximum absolute atomic E-state index is 14.1. The highest BCUT2D eigenvalue weighted by Crippen LogP contribution is 2.40. The monoisotopic (exact) mass is 269 g/mol. The third-order valence-electron chi connectivity index (χ3n) is 3.94. The number of hydrogen-bond acceptors (Lipinski definition) is 4. The van der Waals surface area contributed by atoms with Crippen LogP contribution in [0.15, 0.2) is 24.3 Å². The smallest absolute Gasteiger partial charge is 0.128 e. The van der Waals surface area contributed by atoms with Gasteiger partial charge in [-0.15, -0.1) is 0 Å². The van der Waals surface area contributed by atoms with Gasteiger partial charge in [-0.2, -0.15) is 0 Å². The van der Waals surface area contributed by atoms with Crippen LogP contribution in [-0.4, -0.2) is 45.2 Å². The zero-order valence-corrected chi connectivity index (χ0v) is 11.2. The van der Waals surface area contributed by atoms with E-state index in [-0.39, 0.29) is 24.4 Å². The van der Waals surface area contributed by atoms with Crippen LogP contribution in [0.1, 0.15) is 5.56 Å². The van der Waals surface area contributed by atoms with Crippen molar-refractivity contribution >= 4 is 0 Å². The van der Waals surface area contributed by atoms with Gasteiger partial charge < -0.3 is 19.9 Å². The molecule has 0 radical (unpaired) electrons. The summed E-state index contributed by atoms with van der Waals surface area (Å²) < 4.78 is 24.9. The van der Waals surface area contributed by atoms with E-state index in [1.165, 1.54) is 6.07 Å². The molecule has 1 unspecified atom stereocenters. The van der Waals surface area contributed by atoms with E-state index in [1.54, 1.807) is 32.4 Å². The van der Waals surface area contributed by atoms with Crippen molar-refractivity contribution in [2.24, 2.45) is 5.92 Å². The zero-order valence-electron chi connectivity index (χ0n) is 11.2. The molecule has 1 aromatic rings. The number of halogens is 1. The van der Waals surface area contributed by atoms with Gasteiger partial charge in [-0.05, 0) is 13.1 Å². The highest BCUT2D eigenvalue weighted by molar-refractivity contribution is 5.29. The summed E-state index contributed by atoms with van der Waals surface area (Å²) >= 11 is 0. The van der Waals surface area contributed by atoms with Crippen LogP contribution in [0.3, 0.4) is 0 Å². The van der Waals surface area contributed by atoms with Crippen LogP contribution >= 0.6 is 0 Å². The third kappa shape index (κ3) is 2.39. The van der Waals surface area contributed by atoms with Crippen molar-refractivity contribution in [2.45, 2.75) is 11.6 Å². The van der Waals surface area contributed by atoms with Gasteiger partial charge in [0.25, 0.3) is 0 Å². The third-order valence-corrected chi connectivity index (χ3v) is 3.94. The Hall–Kier alpha value is -1.01. The molecule has 2 rings (SSSR count). The average Bonchev–Trinajstić information content (AvgIpc) is 2.78. The van der Waals surface area contributed by atoms with E-state index in [9.17, 15) is 9.50 Å². The molecule has 0 spiro atoms. The first-order chi connectivity index (χ1) is 9.19. The van der Waals surface area contributed by atoms with Crippen LogP contribution in [0.4, 0.5) is 4.39 Å². The number of likely N-dealkylation sites (N-methyl/N-ethyl adjacent to an activating group) is 1. The summed E-state index contributed by atoms with van der Waals surface area (Å²) in [5.74, 6) is -0.550. The maximum atomic E-state index is 14.1. The van der Waals surface area contributed by atoms with Gasteiger partial charge in [0, 0.05) is 18.6 Å². The van der Waals surface area contributed by atoms with Crippen LogP contribution in [0.25, 0.3) is 0 Å². The van der Waals surface area contributed by atoms with Crippen LogP contribution in [0.2, 0.25) is 0 Å². The minimum Gasteiger partial charge on any atom is -0.396 e. The van der Waals surface area contributed by atoms with Crippen LogP contribution in [-0.2, 0) is 15.0 Å². The lowest BCUT2D eigenvalue weighted by molar-refractivity contribution is 0.00942. The van der Waals surface area contributed by atoms with Crippen molar-refractivity contribution in [3.05, 3.63) is 35.6 Å². The SMILES string of the molecule is CN[C@@]1(c2ccccc2F)COC(COC)[C@H]1CO. The largest absolute Gasteiger partial charge is 0.396 e. The quantitative estimate of drug-likeness (QED) is 0.833. The summed E-state index contributed by atoms with van der Waals surface area (Å²) in [4.78, 5) is 0. The van der Waals surface area contributed by atoms with Crippen LogP contribution < -0.4 is 5.32 Å². The number of aliphatic hydroxyl groups is 1. The molecular formula is C14H20FNO3. The number of ether oxygens (including phenoxy) is 2. The Morgan fingerprint density at radius 1 is 1.53 bits per heavy atom. The van der Waals surface area contributed by atoms with E-state index < -0.39 is 5.54 Å². The molecule has 1 fully saturated rings. The molecular weight excluding hydrogens is 249 g/mol. The molecule has 0 bridgehead atoms. The molecule has 4 nitrogen and oxygen atoms in total. The first kappa shape index (κ1) is 14.4. The fraction of sp³-hybridized carbons (Fsp3) is 0.571. The molecule has 1 saturated heterocycles. The molecule has 19 heavy (non-hydrogen) atoms. The molecule has 1 aliphatic heterocycles. The van der Waals surface area contributed by atoms with Gasteiger partial charge in [0.1, 0.15) is 5.82 Å². The van der Waals surface area contributed by atoms with Crippen molar-refractivity contribution in [3.8, 4) is 0 Å². The average molecular weight is 269 g/mol. The van der Waals surface area contributed by atoms with E-state index in [2.05, 4.69) is 5.32 Å². The molecule has 0 amide bonds. The predicted octanol–water partition coefficient (Wildman–Crippen LogP) is 0.894. The van der Waals surface area contributed by atoms with Crippen LogP contribution in [0.5, 0.6) is 0 Å². The number of aliphatic hydroxyl groups excluding tert-OH is 1. The van der Waals surface area contributed by atoms with Crippen molar-refractivity contribution in [1.29, 1.82) is 0 Å². The highest BCUT2D eigenvalue weighted by Gasteiger charge is 2.50. The van der Waals surface area contributed by atoms with Gasteiger partial charge in [0.2, 0.25) is 0 Å². The molecule has 106 valence electrons. The Kier molecular flexibility index (Phi) is 4.52. The molecule has 2 N–H and O–H groups in total. The Morgan fingerprint density at radius 3 is 2.84 bits per heavy atom. The second kappa shape index (κ2) is 5.96.